The standard InChI is InChI=1S/C67H42N2O/c1-3-19-43(20-4-1)68(46-36-38-64-57(40-46)50-26-10-8-24-48(50)53-29-13-17-33-63(53)69(64)44-21-5-2-6-22-44)45-35-37-61-55(39-45)49-25-9-7-23-47(49)51-27-11-15-31-59(51)67(61)60-32-16-12-28-52(60)56-41-58-54-30-14-18-34-65(54)70-66(58)42-62(56)67/h1-42H. The molecule has 1 aliphatic heterocycles. The lowest BCUT2D eigenvalue weighted by Crippen LogP contribution is -2.29. The Morgan fingerprint density at radius 2 is 0.771 bits per heavy atom. The van der Waals surface area contributed by atoms with Crippen LogP contribution >= 0.6 is 0 Å². The third-order valence-corrected chi connectivity index (χ3v) is 15.2. The summed E-state index contributed by atoms with van der Waals surface area (Å²) < 4.78 is 6.74. The predicted octanol–water partition coefficient (Wildman–Crippen LogP) is 18.2. The summed E-state index contributed by atoms with van der Waals surface area (Å²) in [5.41, 5.74) is 24.9. The first-order valence-electron chi connectivity index (χ1n) is 24.2. The summed E-state index contributed by atoms with van der Waals surface area (Å²) in [6, 6.07) is 93.9. The van der Waals surface area contributed by atoms with Gasteiger partial charge in [-0.3, -0.25) is 0 Å². The van der Waals surface area contributed by atoms with Crippen LogP contribution in [0.2, 0.25) is 0 Å². The van der Waals surface area contributed by atoms with Crippen LogP contribution in [0.3, 0.4) is 0 Å². The van der Waals surface area contributed by atoms with Gasteiger partial charge in [0.05, 0.1) is 16.8 Å². The average molecular weight is 891 g/mol. The van der Waals surface area contributed by atoms with Crippen LogP contribution < -0.4 is 9.80 Å². The number of hydrogen-bond donors (Lipinski definition) is 0. The van der Waals surface area contributed by atoms with E-state index in [1.165, 1.54) is 77.9 Å². The summed E-state index contributed by atoms with van der Waals surface area (Å²) in [4.78, 5) is 4.87. The van der Waals surface area contributed by atoms with Crippen molar-refractivity contribution < 1.29 is 4.42 Å². The molecule has 1 atom stereocenters. The van der Waals surface area contributed by atoms with Crippen molar-refractivity contribution in [3.8, 4) is 55.6 Å². The lowest BCUT2D eigenvalue weighted by Gasteiger charge is -2.36. The molecule has 0 saturated heterocycles. The van der Waals surface area contributed by atoms with Crippen molar-refractivity contribution in [1.29, 1.82) is 0 Å². The zero-order valence-corrected chi connectivity index (χ0v) is 38.1. The Hall–Kier alpha value is -9.18. The molecule has 0 amide bonds. The van der Waals surface area contributed by atoms with Crippen molar-refractivity contribution >= 4 is 56.1 Å². The molecule has 1 unspecified atom stereocenters. The largest absolute Gasteiger partial charge is 0.456 e. The van der Waals surface area contributed by atoms with Gasteiger partial charge in [-0.15, -0.1) is 0 Å². The van der Waals surface area contributed by atoms with Gasteiger partial charge >= 0.3 is 0 Å². The fourth-order valence-corrected chi connectivity index (χ4v) is 12.4. The van der Waals surface area contributed by atoms with Gasteiger partial charge in [-0.05, 0) is 146 Å². The molecule has 3 heteroatoms. The normalized spacial score (nSPS) is 14.6. The molecular formula is C67H42N2O. The van der Waals surface area contributed by atoms with Crippen molar-refractivity contribution in [1.82, 2.24) is 0 Å². The van der Waals surface area contributed by atoms with Gasteiger partial charge in [-0.2, -0.15) is 0 Å². The van der Waals surface area contributed by atoms with Crippen LogP contribution in [0.15, 0.2) is 259 Å². The molecule has 3 aliphatic rings. The molecule has 0 N–H and O–H groups in total. The number of anilines is 6. The Labute approximate surface area is 406 Å². The molecule has 2 aliphatic carbocycles. The van der Waals surface area contributed by atoms with E-state index in [1.807, 2.05) is 0 Å². The maximum Gasteiger partial charge on any atom is 0.135 e. The minimum Gasteiger partial charge on any atom is -0.456 e. The van der Waals surface area contributed by atoms with E-state index in [0.717, 1.165) is 56.1 Å². The highest BCUT2D eigenvalue weighted by Gasteiger charge is 2.50. The van der Waals surface area contributed by atoms with Gasteiger partial charge in [0, 0.05) is 44.6 Å². The van der Waals surface area contributed by atoms with Crippen molar-refractivity contribution in [3.63, 3.8) is 0 Å². The fourth-order valence-electron chi connectivity index (χ4n) is 12.4. The summed E-state index contributed by atoms with van der Waals surface area (Å²) in [6.45, 7) is 0. The van der Waals surface area contributed by atoms with Crippen LogP contribution in [0, 0.1) is 0 Å². The second-order valence-corrected chi connectivity index (χ2v) is 18.7. The predicted molar refractivity (Wildman–Crippen MR) is 289 cm³/mol. The maximum atomic E-state index is 6.74. The molecule has 70 heavy (non-hydrogen) atoms. The highest BCUT2D eigenvalue weighted by molar-refractivity contribution is 6.09. The molecule has 0 bridgehead atoms. The van der Waals surface area contributed by atoms with Gasteiger partial charge in [0.2, 0.25) is 0 Å². The van der Waals surface area contributed by atoms with E-state index >= 15 is 0 Å². The SMILES string of the molecule is c1ccc(N(c2ccc3c(c2)-c2ccccc2-c2ccccc2N3c2ccccc2)c2ccc3c(c2)-c2ccccc2-c2ccccc2C32c3ccccc3-c3cc4c(cc32)oc2ccccc24)cc1. The lowest BCUT2D eigenvalue weighted by molar-refractivity contribution is 0.666. The minimum atomic E-state index is -0.663. The number of benzene rings is 11. The van der Waals surface area contributed by atoms with Gasteiger partial charge in [-0.1, -0.05) is 176 Å². The topological polar surface area (TPSA) is 19.6 Å². The number of rotatable bonds is 4. The molecule has 12 aromatic rings. The van der Waals surface area contributed by atoms with Crippen LogP contribution in [-0.4, -0.2) is 0 Å². The zero-order valence-electron chi connectivity index (χ0n) is 38.1. The van der Waals surface area contributed by atoms with Crippen LogP contribution in [0.4, 0.5) is 34.1 Å². The van der Waals surface area contributed by atoms with Crippen LogP contribution in [0.5, 0.6) is 0 Å². The number of para-hydroxylation sites is 4. The van der Waals surface area contributed by atoms with Crippen molar-refractivity contribution in [3.05, 3.63) is 277 Å². The van der Waals surface area contributed by atoms with Gasteiger partial charge in [-0.25, -0.2) is 0 Å². The molecule has 11 aromatic carbocycles. The van der Waals surface area contributed by atoms with E-state index in [4.69, 9.17) is 4.42 Å². The van der Waals surface area contributed by atoms with Crippen molar-refractivity contribution in [2.45, 2.75) is 5.41 Å². The first-order chi connectivity index (χ1) is 34.7. The molecule has 1 aromatic heterocycles. The Morgan fingerprint density at radius 1 is 0.286 bits per heavy atom. The van der Waals surface area contributed by atoms with Gasteiger partial charge in [0.15, 0.2) is 0 Å². The van der Waals surface area contributed by atoms with Crippen LogP contribution in [-0.2, 0) is 5.41 Å². The van der Waals surface area contributed by atoms with E-state index in [9.17, 15) is 0 Å². The molecule has 326 valence electrons. The first kappa shape index (κ1) is 38.9. The Morgan fingerprint density at radius 3 is 1.50 bits per heavy atom. The average Bonchev–Trinajstić information content (AvgIpc) is 3.86. The smallest absolute Gasteiger partial charge is 0.135 e. The van der Waals surface area contributed by atoms with Crippen LogP contribution in [0.25, 0.3) is 77.6 Å². The van der Waals surface area contributed by atoms with Gasteiger partial charge in [0.25, 0.3) is 0 Å². The number of fused-ring (bicyclic) bond motifs is 20. The molecule has 15 rings (SSSR count). The monoisotopic (exact) mass is 890 g/mol. The van der Waals surface area contributed by atoms with E-state index in [2.05, 4.69) is 265 Å². The summed E-state index contributed by atoms with van der Waals surface area (Å²) in [5.74, 6) is 0. The molecular weight excluding hydrogens is 849 g/mol. The van der Waals surface area contributed by atoms with Crippen molar-refractivity contribution in [2.75, 3.05) is 9.80 Å². The maximum absolute atomic E-state index is 6.74. The number of furan rings is 1. The number of nitrogens with zero attached hydrogens (tertiary/aromatic N) is 2. The first-order valence-corrected chi connectivity index (χ1v) is 24.2. The highest BCUT2D eigenvalue weighted by atomic mass is 16.3. The third kappa shape index (κ3) is 5.40. The van der Waals surface area contributed by atoms with Gasteiger partial charge < -0.3 is 14.2 Å². The van der Waals surface area contributed by atoms with E-state index in [0.29, 0.717) is 0 Å². The Balaban J connectivity index is 1.00. The van der Waals surface area contributed by atoms with Gasteiger partial charge in [0.1, 0.15) is 11.2 Å². The van der Waals surface area contributed by atoms with E-state index < -0.39 is 5.41 Å². The summed E-state index contributed by atoms with van der Waals surface area (Å²) in [6.07, 6.45) is 0. The molecule has 0 saturated carbocycles. The van der Waals surface area contributed by atoms with Crippen molar-refractivity contribution in [2.24, 2.45) is 0 Å². The second kappa shape index (κ2) is 14.9. The summed E-state index contributed by atoms with van der Waals surface area (Å²) in [5, 5.41) is 2.27. The molecule has 1 spiro atoms. The minimum absolute atomic E-state index is 0.663. The third-order valence-electron chi connectivity index (χ3n) is 15.2. The quantitative estimate of drug-likeness (QED) is 0.176. The summed E-state index contributed by atoms with van der Waals surface area (Å²) in [7, 11) is 0. The van der Waals surface area contributed by atoms with Crippen LogP contribution in [0.1, 0.15) is 22.3 Å². The molecule has 0 radical (unpaired) electrons. The zero-order chi connectivity index (χ0) is 45.9. The summed E-state index contributed by atoms with van der Waals surface area (Å²) >= 11 is 0. The lowest BCUT2D eigenvalue weighted by atomic mass is 9.66. The van der Waals surface area contributed by atoms with E-state index in [-0.39, 0.29) is 0 Å². The fraction of sp³-hybridized carbons (Fsp3) is 0.0149. The molecule has 0 fully saturated rings. The Kier molecular flexibility index (Phi) is 8.28. The molecule has 3 nitrogen and oxygen atoms in total. The highest BCUT2D eigenvalue weighted by Crippen LogP contribution is 2.63. The van der Waals surface area contributed by atoms with E-state index in [1.54, 1.807) is 0 Å². The Bertz CT molecular complexity index is 4090. The molecule has 2 heterocycles. The second-order valence-electron chi connectivity index (χ2n) is 18.7. The number of hydrogen-bond acceptors (Lipinski definition) is 3.